The second-order valence-electron chi connectivity index (χ2n) is 4.49. The maximum atomic E-state index is 13.8. The maximum Gasteiger partial charge on any atom is 0.166 e. The third-order valence-corrected chi connectivity index (χ3v) is 3.43. The zero-order chi connectivity index (χ0) is 13.8. The maximum absolute atomic E-state index is 13.8. The summed E-state index contributed by atoms with van der Waals surface area (Å²) in [6, 6.07) is 9.79. The standard InChI is InChI=1S/C15H16BrFN2/c1-3-11-4-6-12(7-5-11)10-19(2)15-14(17)8-13(16)9-18-15/h4-9H,3,10H2,1-2H3. The van der Waals surface area contributed by atoms with E-state index in [1.807, 2.05) is 11.9 Å². The van der Waals surface area contributed by atoms with E-state index in [0.717, 1.165) is 12.0 Å². The molecule has 2 rings (SSSR count). The number of hydrogen-bond donors (Lipinski definition) is 0. The van der Waals surface area contributed by atoms with Gasteiger partial charge in [-0.1, -0.05) is 31.2 Å². The molecule has 2 nitrogen and oxygen atoms in total. The van der Waals surface area contributed by atoms with Gasteiger partial charge < -0.3 is 4.90 Å². The van der Waals surface area contributed by atoms with Crippen molar-refractivity contribution in [2.45, 2.75) is 19.9 Å². The van der Waals surface area contributed by atoms with Crippen molar-refractivity contribution in [3.8, 4) is 0 Å². The number of nitrogens with zero attached hydrogens (tertiary/aromatic N) is 2. The molecule has 0 saturated carbocycles. The van der Waals surface area contributed by atoms with E-state index in [9.17, 15) is 4.39 Å². The van der Waals surface area contributed by atoms with Crippen LogP contribution in [0.4, 0.5) is 10.2 Å². The Balaban J connectivity index is 2.13. The number of pyridine rings is 1. The molecule has 1 heterocycles. The minimum atomic E-state index is -0.318. The van der Waals surface area contributed by atoms with Crippen LogP contribution >= 0.6 is 15.9 Å². The summed E-state index contributed by atoms with van der Waals surface area (Å²) in [5.41, 5.74) is 2.45. The summed E-state index contributed by atoms with van der Waals surface area (Å²) in [5, 5.41) is 0. The molecular weight excluding hydrogens is 307 g/mol. The summed E-state index contributed by atoms with van der Waals surface area (Å²) in [4.78, 5) is 5.92. The lowest BCUT2D eigenvalue weighted by Gasteiger charge is -2.19. The molecule has 0 saturated heterocycles. The number of halogens is 2. The highest BCUT2D eigenvalue weighted by atomic mass is 79.9. The van der Waals surface area contributed by atoms with E-state index >= 15 is 0 Å². The SMILES string of the molecule is CCc1ccc(CN(C)c2ncc(Br)cc2F)cc1. The van der Waals surface area contributed by atoms with E-state index in [0.29, 0.717) is 16.8 Å². The molecule has 0 N–H and O–H groups in total. The van der Waals surface area contributed by atoms with Gasteiger partial charge in [0.25, 0.3) is 0 Å². The zero-order valence-electron chi connectivity index (χ0n) is 11.0. The Morgan fingerprint density at radius 2 is 1.84 bits per heavy atom. The van der Waals surface area contributed by atoms with Crippen molar-refractivity contribution in [1.29, 1.82) is 0 Å². The Morgan fingerprint density at radius 1 is 1.21 bits per heavy atom. The third kappa shape index (κ3) is 3.53. The molecule has 0 spiro atoms. The number of hydrogen-bond acceptors (Lipinski definition) is 2. The van der Waals surface area contributed by atoms with Gasteiger partial charge in [-0.3, -0.25) is 0 Å². The fraction of sp³-hybridized carbons (Fsp3) is 0.267. The van der Waals surface area contributed by atoms with E-state index in [4.69, 9.17) is 0 Å². The molecular formula is C15H16BrFN2. The van der Waals surface area contributed by atoms with Gasteiger partial charge in [0.1, 0.15) is 0 Å². The molecule has 0 bridgehead atoms. The molecule has 0 aliphatic heterocycles. The number of aromatic nitrogens is 1. The summed E-state index contributed by atoms with van der Waals surface area (Å²) < 4.78 is 14.4. The van der Waals surface area contributed by atoms with E-state index in [1.54, 1.807) is 6.20 Å². The van der Waals surface area contributed by atoms with Crippen LogP contribution in [0, 0.1) is 5.82 Å². The first-order valence-corrected chi connectivity index (χ1v) is 6.99. The molecule has 0 radical (unpaired) electrons. The van der Waals surface area contributed by atoms with E-state index in [1.165, 1.54) is 11.6 Å². The van der Waals surface area contributed by atoms with E-state index < -0.39 is 0 Å². The smallest absolute Gasteiger partial charge is 0.166 e. The Morgan fingerprint density at radius 3 is 2.42 bits per heavy atom. The van der Waals surface area contributed by atoms with Crippen LogP contribution in [0.15, 0.2) is 41.0 Å². The first kappa shape index (κ1) is 14.0. The number of benzene rings is 1. The van der Waals surface area contributed by atoms with Crippen LogP contribution in [0.1, 0.15) is 18.1 Å². The molecule has 0 aliphatic rings. The summed E-state index contributed by atoms with van der Waals surface area (Å²) in [5.74, 6) is 0.0461. The molecule has 0 fully saturated rings. The number of aryl methyl sites for hydroxylation is 1. The molecule has 4 heteroatoms. The summed E-state index contributed by atoms with van der Waals surface area (Å²) in [6.07, 6.45) is 2.63. The van der Waals surface area contributed by atoms with Crippen LogP contribution in [0.3, 0.4) is 0 Å². The van der Waals surface area contributed by atoms with Gasteiger partial charge in [-0.25, -0.2) is 9.37 Å². The van der Waals surface area contributed by atoms with Gasteiger partial charge in [0, 0.05) is 24.3 Å². The molecule has 1 aromatic heterocycles. The van der Waals surface area contributed by atoms with Crippen molar-refractivity contribution >= 4 is 21.7 Å². The largest absolute Gasteiger partial charge is 0.353 e. The van der Waals surface area contributed by atoms with Crippen molar-refractivity contribution in [3.05, 3.63) is 57.9 Å². The van der Waals surface area contributed by atoms with Crippen molar-refractivity contribution in [2.75, 3.05) is 11.9 Å². The highest BCUT2D eigenvalue weighted by molar-refractivity contribution is 9.10. The number of anilines is 1. The summed E-state index contributed by atoms with van der Waals surface area (Å²) >= 11 is 3.21. The van der Waals surface area contributed by atoms with Gasteiger partial charge in [-0.05, 0) is 39.5 Å². The average Bonchev–Trinajstić information content (AvgIpc) is 2.39. The van der Waals surface area contributed by atoms with E-state index in [-0.39, 0.29) is 5.82 Å². The van der Waals surface area contributed by atoms with E-state index in [2.05, 4.69) is 52.1 Å². The van der Waals surface area contributed by atoms with Gasteiger partial charge in [-0.2, -0.15) is 0 Å². The summed E-state index contributed by atoms with van der Waals surface area (Å²) in [7, 11) is 1.84. The third-order valence-electron chi connectivity index (χ3n) is 3.00. The number of rotatable bonds is 4. The van der Waals surface area contributed by atoms with Gasteiger partial charge >= 0.3 is 0 Å². The van der Waals surface area contributed by atoms with Crippen molar-refractivity contribution in [1.82, 2.24) is 4.98 Å². The predicted molar refractivity (Wildman–Crippen MR) is 79.8 cm³/mol. The molecule has 2 aromatic rings. The normalized spacial score (nSPS) is 10.5. The monoisotopic (exact) mass is 322 g/mol. The minimum absolute atomic E-state index is 0.318. The van der Waals surface area contributed by atoms with Crippen LogP contribution in [-0.2, 0) is 13.0 Å². The molecule has 0 atom stereocenters. The highest BCUT2D eigenvalue weighted by Gasteiger charge is 2.10. The summed E-state index contributed by atoms with van der Waals surface area (Å²) in [6.45, 7) is 2.76. The van der Waals surface area contributed by atoms with Gasteiger partial charge in [0.05, 0.1) is 0 Å². The quantitative estimate of drug-likeness (QED) is 0.839. The average molecular weight is 323 g/mol. The molecule has 100 valence electrons. The predicted octanol–water partition coefficient (Wildman–Crippen LogP) is 4.18. The zero-order valence-corrected chi connectivity index (χ0v) is 12.6. The topological polar surface area (TPSA) is 16.1 Å². The van der Waals surface area contributed by atoms with Gasteiger partial charge in [0.2, 0.25) is 0 Å². The molecule has 0 aliphatic carbocycles. The van der Waals surface area contributed by atoms with Crippen LogP contribution in [0.2, 0.25) is 0 Å². The second kappa shape index (κ2) is 6.15. The Hall–Kier alpha value is -1.42. The van der Waals surface area contributed by atoms with Gasteiger partial charge in [-0.15, -0.1) is 0 Å². The lowest BCUT2D eigenvalue weighted by atomic mass is 10.1. The van der Waals surface area contributed by atoms with Gasteiger partial charge in [0.15, 0.2) is 11.6 Å². The van der Waals surface area contributed by atoms with Crippen LogP contribution in [-0.4, -0.2) is 12.0 Å². The fourth-order valence-corrected chi connectivity index (χ4v) is 2.22. The lowest BCUT2D eigenvalue weighted by Crippen LogP contribution is -2.19. The fourth-order valence-electron chi connectivity index (χ4n) is 1.92. The Kier molecular flexibility index (Phi) is 4.53. The molecule has 0 amide bonds. The highest BCUT2D eigenvalue weighted by Crippen LogP contribution is 2.20. The first-order chi connectivity index (χ1) is 9.10. The van der Waals surface area contributed by atoms with Crippen molar-refractivity contribution in [2.24, 2.45) is 0 Å². The molecule has 19 heavy (non-hydrogen) atoms. The van der Waals surface area contributed by atoms with Crippen molar-refractivity contribution < 1.29 is 4.39 Å². The lowest BCUT2D eigenvalue weighted by molar-refractivity contribution is 0.613. The Labute approximate surface area is 121 Å². The Bertz CT molecular complexity index is 555. The van der Waals surface area contributed by atoms with Crippen LogP contribution < -0.4 is 4.90 Å². The minimum Gasteiger partial charge on any atom is -0.353 e. The molecule has 1 aromatic carbocycles. The van der Waals surface area contributed by atoms with Crippen LogP contribution in [0.25, 0.3) is 0 Å². The van der Waals surface area contributed by atoms with Crippen molar-refractivity contribution in [3.63, 3.8) is 0 Å². The van der Waals surface area contributed by atoms with Crippen LogP contribution in [0.5, 0.6) is 0 Å². The molecule has 0 unspecified atom stereocenters. The second-order valence-corrected chi connectivity index (χ2v) is 5.40. The first-order valence-electron chi connectivity index (χ1n) is 6.20.